The average Bonchev–Trinajstić information content (AvgIpc) is 3.49. The Hall–Kier alpha value is -4.40. The minimum absolute atomic E-state index is 0.0200. The molecule has 1 atom stereocenters. The van der Waals surface area contributed by atoms with E-state index in [0.717, 1.165) is 29.8 Å². The lowest BCUT2D eigenvalue weighted by Gasteiger charge is -2.31. The Bertz CT molecular complexity index is 1420. The first kappa shape index (κ1) is 28.1. The molecule has 214 valence electrons. The molecule has 3 aromatic rings. The number of ether oxygens (including phenoxy) is 3. The van der Waals surface area contributed by atoms with Crippen LogP contribution in [-0.4, -0.2) is 83.8 Å². The zero-order valence-electron chi connectivity index (χ0n) is 23.3. The van der Waals surface area contributed by atoms with E-state index in [0.29, 0.717) is 44.6 Å². The molecule has 41 heavy (non-hydrogen) atoms. The summed E-state index contributed by atoms with van der Waals surface area (Å²) < 4.78 is 17.4. The van der Waals surface area contributed by atoms with Gasteiger partial charge in [0.1, 0.15) is 36.1 Å². The highest BCUT2D eigenvalue weighted by Gasteiger charge is 2.31. The van der Waals surface area contributed by atoms with Crippen LogP contribution in [-0.2, 0) is 24.3 Å². The van der Waals surface area contributed by atoms with Crippen LogP contribution in [0.5, 0.6) is 17.5 Å². The monoisotopic (exact) mass is 558 g/mol. The standard InChI is InChI=1S/C30H34N6O5/c1-35(2)11-13-40-30-33-24-8-10-36(17-23(24)28(34-30)32-22-9-12-39-19-22)29(38)27-25(37)14-21(16-31)15-26(27)41-18-20-6-4-3-5-7-20/h3-7,14-15,22,37H,8-13,17-19H2,1-2H3,(H,32,33,34). The van der Waals surface area contributed by atoms with Gasteiger partial charge in [-0.1, -0.05) is 30.3 Å². The highest BCUT2D eigenvalue weighted by molar-refractivity contribution is 6.00. The van der Waals surface area contributed by atoms with Gasteiger partial charge in [-0.3, -0.25) is 4.79 Å². The molecule has 1 fully saturated rings. The van der Waals surface area contributed by atoms with Gasteiger partial charge in [-0.15, -0.1) is 0 Å². The van der Waals surface area contributed by atoms with Crippen LogP contribution in [0.3, 0.4) is 0 Å². The van der Waals surface area contributed by atoms with Gasteiger partial charge in [0.2, 0.25) is 0 Å². The number of fused-ring (bicyclic) bond motifs is 1. The molecule has 11 heteroatoms. The fourth-order valence-electron chi connectivity index (χ4n) is 4.80. The molecular weight excluding hydrogens is 524 g/mol. The van der Waals surface area contributed by atoms with E-state index < -0.39 is 5.91 Å². The highest BCUT2D eigenvalue weighted by Crippen LogP contribution is 2.34. The first-order valence-corrected chi connectivity index (χ1v) is 13.7. The summed E-state index contributed by atoms with van der Waals surface area (Å²) >= 11 is 0. The van der Waals surface area contributed by atoms with Crippen LogP contribution in [0.25, 0.3) is 0 Å². The first-order valence-electron chi connectivity index (χ1n) is 13.7. The van der Waals surface area contributed by atoms with E-state index in [1.54, 1.807) is 4.90 Å². The molecule has 0 bridgehead atoms. The van der Waals surface area contributed by atoms with Gasteiger partial charge >= 0.3 is 6.01 Å². The van der Waals surface area contributed by atoms with Crippen LogP contribution in [0.4, 0.5) is 5.82 Å². The van der Waals surface area contributed by atoms with Gasteiger partial charge in [0, 0.05) is 31.7 Å². The number of rotatable bonds is 10. The van der Waals surface area contributed by atoms with Crippen molar-refractivity contribution in [2.75, 3.05) is 52.3 Å². The third-order valence-corrected chi connectivity index (χ3v) is 7.03. The molecule has 2 N–H and O–H groups in total. The molecule has 1 aromatic heterocycles. The Labute approximate surface area is 239 Å². The van der Waals surface area contributed by atoms with Gasteiger partial charge in [0.15, 0.2) is 0 Å². The third-order valence-electron chi connectivity index (χ3n) is 7.03. The fraction of sp³-hybridized carbons (Fsp3) is 0.400. The normalized spacial score (nSPS) is 16.2. The Morgan fingerprint density at radius 2 is 2.07 bits per heavy atom. The molecule has 0 spiro atoms. The Morgan fingerprint density at radius 1 is 1.24 bits per heavy atom. The van der Waals surface area contributed by atoms with Crippen molar-refractivity contribution in [2.24, 2.45) is 0 Å². The maximum Gasteiger partial charge on any atom is 0.318 e. The maximum absolute atomic E-state index is 13.9. The molecule has 3 heterocycles. The molecule has 0 saturated carbocycles. The number of likely N-dealkylation sites (N-methyl/N-ethyl adjacent to an activating group) is 1. The quantitative estimate of drug-likeness (QED) is 0.383. The van der Waals surface area contributed by atoms with Gasteiger partial charge in [-0.05, 0) is 38.2 Å². The number of aromatic nitrogens is 2. The number of amides is 1. The summed E-state index contributed by atoms with van der Waals surface area (Å²) in [6.07, 6.45) is 1.33. The average molecular weight is 559 g/mol. The van der Waals surface area contributed by atoms with Crippen molar-refractivity contribution in [1.82, 2.24) is 19.8 Å². The summed E-state index contributed by atoms with van der Waals surface area (Å²) in [6.45, 7) is 3.21. The van der Waals surface area contributed by atoms with Crippen molar-refractivity contribution in [2.45, 2.75) is 32.0 Å². The van der Waals surface area contributed by atoms with Gasteiger partial charge in [0.25, 0.3) is 5.91 Å². The minimum atomic E-state index is -0.401. The Balaban J connectivity index is 1.41. The van der Waals surface area contributed by atoms with Crippen LogP contribution in [0.1, 0.15) is 39.2 Å². The van der Waals surface area contributed by atoms with Gasteiger partial charge in [-0.2, -0.15) is 15.2 Å². The number of carbonyl (C=O) groups excluding carboxylic acids is 1. The van der Waals surface area contributed by atoms with Gasteiger partial charge in [0.05, 0.1) is 36.5 Å². The first-order chi connectivity index (χ1) is 19.9. The van der Waals surface area contributed by atoms with Crippen molar-refractivity contribution >= 4 is 11.7 Å². The van der Waals surface area contributed by atoms with Crippen molar-refractivity contribution in [1.29, 1.82) is 5.26 Å². The second-order valence-corrected chi connectivity index (χ2v) is 10.4. The largest absolute Gasteiger partial charge is 0.507 e. The molecule has 5 rings (SSSR count). The number of phenols is 1. The predicted molar refractivity (Wildman–Crippen MR) is 151 cm³/mol. The van der Waals surface area contributed by atoms with Gasteiger partial charge < -0.3 is 34.4 Å². The SMILES string of the molecule is CN(C)CCOc1nc2c(c(NC3CCOC3)n1)CN(C(=O)c1c(O)cc(C#N)cc1OCc1ccccc1)CC2. The number of aromatic hydroxyl groups is 1. The third kappa shape index (κ3) is 6.85. The topological polar surface area (TPSA) is 133 Å². The van der Waals surface area contributed by atoms with Crippen LogP contribution in [0, 0.1) is 11.3 Å². The number of nitriles is 1. The second kappa shape index (κ2) is 12.8. The number of benzene rings is 2. The second-order valence-electron chi connectivity index (χ2n) is 10.4. The number of hydrogen-bond donors (Lipinski definition) is 2. The lowest BCUT2D eigenvalue weighted by molar-refractivity contribution is 0.0725. The van der Waals surface area contributed by atoms with Crippen LogP contribution in [0.2, 0.25) is 0 Å². The van der Waals surface area contributed by atoms with E-state index in [1.165, 1.54) is 12.1 Å². The van der Waals surface area contributed by atoms with Crippen molar-refractivity contribution in [3.63, 3.8) is 0 Å². The summed E-state index contributed by atoms with van der Waals surface area (Å²) in [7, 11) is 3.94. The van der Waals surface area contributed by atoms with Crippen LogP contribution in [0.15, 0.2) is 42.5 Å². The fourth-order valence-corrected chi connectivity index (χ4v) is 4.80. The van der Waals surface area contributed by atoms with Crippen molar-refractivity contribution in [3.8, 4) is 23.6 Å². The number of nitrogens with zero attached hydrogens (tertiary/aromatic N) is 5. The summed E-state index contributed by atoms with van der Waals surface area (Å²) in [5.41, 5.74) is 2.73. The molecule has 1 amide bonds. The molecule has 2 aliphatic rings. The summed E-state index contributed by atoms with van der Waals surface area (Å²) in [4.78, 5) is 26.9. The number of nitrogens with one attached hydrogen (secondary N) is 1. The predicted octanol–water partition coefficient (Wildman–Crippen LogP) is 2.97. The molecule has 11 nitrogen and oxygen atoms in total. The Morgan fingerprint density at radius 3 is 2.80 bits per heavy atom. The van der Waals surface area contributed by atoms with Gasteiger partial charge in [-0.25, -0.2) is 0 Å². The minimum Gasteiger partial charge on any atom is -0.507 e. The molecule has 1 unspecified atom stereocenters. The highest BCUT2D eigenvalue weighted by atomic mass is 16.5. The summed E-state index contributed by atoms with van der Waals surface area (Å²) in [5, 5.41) is 23.8. The van der Waals surface area contributed by atoms with Crippen LogP contribution >= 0.6 is 0 Å². The maximum atomic E-state index is 13.9. The zero-order valence-corrected chi connectivity index (χ0v) is 23.3. The van der Waals surface area contributed by atoms with E-state index in [2.05, 4.69) is 15.3 Å². The lowest BCUT2D eigenvalue weighted by atomic mass is 10.0. The van der Waals surface area contributed by atoms with Crippen molar-refractivity contribution in [3.05, 3.63) is 70.4 Å². The van der Waals surface area contributed by atoms with E-state index in [9.17, 15) is 15.2 Å². The number of carbonyl (C=O) groups is 1. The Kier molecular flexibility index (Phi) is 8.82. The zero-order chi connectivity index (χ0) is 28.8. The molecule has 2 aromatic carbocycles. The summed E-state index contributed by atoms with van der Waals surface area (Å²) in [6, 6.07) is 14.7. The smallest absolute Gasteiger partial charge is 0.318 e. The number of hydrogen-bond acceptors (Lipinski definition) is 10. The lowest BCUT2D eigenvalue weighted by Crippen LogP contribution is -2.38. The molecular formula is C30H34N6O5. The molecule has 0 radical (unpaired) electrons. The molecule has 0 aliphatic carbocycles. The van der Waals surface area contributed by atoms with Crippen molar-refractivity contribution < 1.29 is 24.1 Å². The number of anilines is 1. The summed E-state index contributed by atoms with van der Waals surface area (Å²) in [5.74, 6) is 0.0726. The number of phenolic OH excluding ortho intramolecular Hbond substituents is 1. The van der Waals surface area contributed by atoms with Crippen LogP contribution < -0.4 is 14.8 Å². The van der Waals surface area contributed by atoms with E-state index in [4.69, 9.17) is 14.2 Å². The van der Waals surface area contributed by atoms with E-state index in [1.807, 2.05) is 55.4 Å². The molecule has 1 saturated heterocycles. The van der Waals surface area contributed by atoms with E-state index >= 15 is 0 Å². The molecule has 2 aliphatic heterocycles. The van der Waals surface area contributed by atoms with E-state index in [-0.39, 0.29) is 41.8 Å².